The third-order valence-electron chi connectivity index (χ3n) is 5.15. The van der Waals surface area contributed by atoms with Crippen LogP contribution in [0.5, 0.6) is 5.75 Å². The predicted octanol–water partition coefficient (Wildman–Crippen LogP) is 2.91. The largest absolute Gasteiger partial charge is 0.495 e. The quantitative estimate of drug-likeness (QED) is 0.807. The summed E-state index contributed by atoms with van der Waals surface area (Å²) in [4.78, 5) is 27.0. The maximum absolute atomic E-state index is 12.8. The number of ether oxygens (including phenoxy) is 1. The van der Waals surface area contributed by atoms with Gasteiger partial charge >= 0.3 is 0 Å². The molecule has 1 heterocycles. The molecule has 1 aliphatic heterocycles. The number of amides is 2. The average molecular weight is 381 g/mol. The van der Waals surface area contributed by atoms with E-state index in [-0.39, 0.29) is 17.7 Å². The zero-order chi connectivity index (χ0) is 19.9. The number of nitrogens with zero attached hydrogens (tertiary/aromatic N) is 1. The molecule has 28 heavy (non-hydrogen) atoms. The first-order valence-electron chi connectivity index (χ1n) is 9.58. The fraction of sp³-hybridized carbons (Fsp3) is 0.364. The van der Waals surface area contributed by atoms with Gasteiger partial charge in [0.25, 0.3) is 5.91 Å². The topological polar surface area (TPSA) is 70.7 Å². The summed E-state index contributed by atoms with van der Waals surface area (Å²) in [5.74, 6) is 0.280. The lowest BCUT2D eigenvalue weighted by atomic mass is 9.95. The predicted molar refractivity (Wildman–Crippen MR) is 109 cm³/mol. The molecule has 2 aromatic rings. The van der Waals surface area contributed by atoms with Gasteiger partial charge in [0.15, 0.2) is 0 Å². The molecule has 3 rings (SSSR count). The molecule has 0 atom stereocenters. The van der Waals surface area contributed by atoms with E-state index in [1.807, 2.05) is 6.07 Å². The lowest BCUT2D eigenvalue weighted by molar-refractivity contribution is -0.121. The minimum absolute atomic E-state index is 0.0216. The molecular weight excluding hydrogens is 354 g/mol. The maximum atomic E-state index is 12.8. The van der Waals surface area contributed by atoms with Crippen LogP contribution in [0.3, 0.4) is 0 Å². The van der Waals surface area contributed by atoms with Gasteiger partial charge in [0.2, 0.25) is 5.91 Å². The van der Waals surface area contributed by atoms with Crippen molar-refractivity contribution < 1.29 is 14.3 Å². The van der Waals surface area contributed by atoms with Gasteiger partial charge < -0.3 is 15.4 Å². The highest BCUT2D eigenvalue weighted by molar-refractivity contribution is 5.98. The SMILES string of the molecule is CNC(=O)c1ccc(OC)c(NC(=O)C2CCN(Cc3ccccc3)CC2)c1. The Balaban J connectivity index is 1.59. The van der Waals surface area contributed by atoms with Crippen LogP contribution in [0.4, 0.5) is 5.69 Å². The summed E-state index contributed by atoms with van der Waals surface area (Å²) in [6, 6.07) is 15.4. The lowest BCUT2D eigenvalue weighted by Crippen LogP contribution is -2.37. The van der Waals surface area contributed by atoms with Gasteiger partial charge in [-0.1, -0.05) is 30.3 Å². The van der Waals surface area contributed by atoms with E-state index in [4.69, 9.17) is 4.74 Å². The monoisotopic (exact) mass is 381 g/mol. The Hall–Kier alpha value is -2.86. The second-order valence-corrected chi connectivity index (χ2v) is 7.02. The summed E-state index contributed by atoms with van der Waals surface area (Å²) >= 11 is 0. The molecule has 0 spiro atoms. The fourth-order valence-corrected chi connectivity index (χ4v) is 3.52. The molecule has 0 saturated carbocycles. The second kappa shape index (κ2) is 9.37. The van der Waals surface area contributed by atoms with Crippen LogP contribution in [0.15, 0.2) is 48.5 Å². The first-order chi connectivity index (χ1) is 13.6. The van der Waals surface area contributed by atoms with E-state index >= 15 is 0 Å². The number of benzene rings is 2. The van der Waals surface area contributed by atoms with Gasteiger partial charge in [-0.05, 0) is 49.7 Å². The van der Waals surface area contributed by atoms with E-state index in [9.17, 15) is 9.59 Å². The smallest absolute Gasteiger partial charge is 0.251 e. The highest BCUT2D eigenvalue weighted by Gasteiger charge is 2.25. The molecule has 1 saturated heterocycles. The van der Waals surface area contributed by atoms with Crippen molar-refractivity contribution in [2.45, 2.75) is 19.4 Å². The van der Waals surface area contributed by atoms with Crippen LogP contribution < -0.4 is 15.4 Å². The third kappa shape index (κ3) is 4.89. The summed E-state index contributed by atoms with van der Waals surface area (Å²) < 4.78 is 5.33. The molecule has 0 aliphatic carbocycles. The second-order valence-electron chi connectivity index (χ2n) is 7.02. The Morgan fingerprint density at radius 2 is 1.82 bits per heavy atom. The van der Waals surface area contributed by atoms with E-state index in [1.165, 1.54) is 5.56 Å². The van der Waals surface area contributed by atoms with Gasteiger partial charge in [0, 0.05) is 25.1 Å². The van der Waals surface area contributed by atoms with Crippen molar-refractivity contribution in [2.75, 3.05) is 32.6 Å². The Bertz CT molecular complexity index is 815. The molecule has 0 aromatic heterocycles. The maximum Gasteiger partial charge on any atom is 0.251 e. The Kier molecular flexibility index (Phi) is 6.66. The molecule has 1 aliphatic rings. The molecule has 0 radical (unpaired) electrons. The molecule has 0 unspecified atom stereocenters. The zero-order valence-electron chi connectivity index (χ0n) is 16.4. The molecule has 2 aromatic carbocycles. The van der Waals surface area contributed by atoms with Gasteiger partial charge in [0.1, 0.15) is 5.75 Å². The molecule has 2 amide bonds. The van der Waals surface area contributed by atoms with E-state index in [1.54, 1.807) is 32.4 Å². The van der Waals surface area contributed by atoms with E-state index in [0.717, 1.165) is 32.5 Å². The van der Waals surface area contributed by atoms with Gasteiger partial charge in [-0.25, -0.2) is 0 Å². The number of hydrogen-bond acceptors (Lipinski definition) is 4. The first kappa shape index (κ1) is 19.9. The van der Waals surface area contributed by atoms with Crippen molar-refractivity contribution in [3.8, 4) is 5.75 Å². The molecule has 6 nitrogen and oxygen atoms in total. The van der Waals surface area contributed by atoms with Crippen molar-refractivity contribution in [3.63, 3.8) is 0 Å². The van der Waals surface area contributed by atoms with Crippen molar-refractivity contribution >= 4 is 17.5 Å². The fourth-order valence-electron chi connectivity index (χ4n) is 3.52. The van der Waals surface area contributed by atoms with Crippen LogP contribution in [-0.2, 0) is 11.3 Å². The molecule has 148 valence electrons. The van der Waals surface area contributed by atoms with Gasteiger partial charge in [-0.3, -0.25) is 14.5 Å². The van der Waals surface area contributed by atoms with Crippen LogP contribution in [0.1, 0.15) is 28.8 Å². The molecule has 2 N–H and O–H groups in total. The standard InChI is InChI=1S/C22H27N3O3/c1-23-21(26)18-8-9-20(28-2)19(14-18)24-22(27)17-10-12-25(13-11-17)15-16-6-4-3-5-7-16/h3-9,14,17H,10-13,15H2,1-2H3,(H,23,26)(H,24,27). The van der Waals surface area contributed by atoms with Crippen LogP contribution in [0.2, 0.25) is 0 Å². The number of likely N-dealkylation sites (tertiary alicyclic amines) is 1. The van der Waals surface area contributed by atoms with Crippen LogP contribution >= 0.6 is 0 Å². The minimum Gasteiger partial charge on any atom is -0.495 e. The number of anilines is 1. The van der Waals surface area contributed by atoms with Crippen LogP contribution in [0, 0.1) is 5.92 Å². The lowest BCUT2D eigenvalue weighted by Gasteiger charge is -2.31. The molecule has 1 fully saturated rings. The van der Waals surface area contributed by atoms with Crippen LogP contribution in [0.25, 0.3) is 0 Å². The highest BCUT2D eigenvalue weighted by atomic mass is 16.5. The van der Waals surface area contributed by atoms with Crippen molar-refractivity contribution in [2.24, 2.45) is 5.92 Å². The number of carbonyl (C=O) groups excluding carboxylic acids is 2. The number of piperidine rings is 1. The molecular formula is C22H27N3O3. The summed E-state index contributed by atoms with van der Waals surface area (Å²) in [6.45, 7) is 2.70. The summed E-state index contributed by atoms with van der Waals surface area (Å²) in [7, 11) is 3.13. The third-order valence-corrected chi connectivity index (χ3v) is 5.15. The molecule has 0 bridgehead atoms. The number of nitrogens with one attached hydrogen (secondary N) is 2. The Morgan fingerprint density at radius 3 is 2.46 bits per heavy atom. The average Bonchev–Trinajstić information content (AvgIpc) is 2.74. The Labute approximate surface area is 165 Å². The first-order valence-corrected chi connectivity index (χ1v) is 9.58. The summed E-state index contributed by atoms with van der Waals surface area (Å²) in [5.41, 5.74) is 2.30. The number of rotatable bonds is 6. The normalized spacial score (nSPS) is 15.1. The van der Waals surface area contributed by atoms with Gasteiger partial charge in [0.05, 0.1) is 12.8 Å². The number of hydrogen-bond donors (Lipinski definition) is 2. The van der Waals surface area contributed by atoms with E-state index in [0.29, 0.717) is 17.0 Å². The van der Waals surface area contributed by atoms with Crippen molar-refractivity contribution in [1.82, 2.24) is 10.2 Å². The minimum atomic E-state index is -0.202. The Morgan fingerprint density at radius 1 is 1.11 bits per heavy atom. The summed E-state index contributed by atoms with van der Waals surface area (Å²) in [5, 5.41) is 5.54. The van der Waals surface area contributed by atoms with E-state index in [2.05, 4.69) is 39.8 Å². The van der Waals surface area contributed by atoms with Crippen LogP contribution in [-0.4, -0.2) is 44.0 Å². The van der Waals surface area contributed by atoms with Crippen molar-refractivity contribution in [1.29, 1.82) is 0 Å². The van der Waals surface area contributed by atoms with Crippen molar-refractivity contribution in [3.05, 3.63) is 59.7 Å². The van der Waals surface area contributed by atoms with Gasteiger partial charge in [-0.2, -0.15) is 0 Å². The highest BCUT2D eigenvalue weighted by Crippen LogP contribution is 2.28. The van der Waals surface area contributed by atoms with Gasteiger partial charge in [-0.15, -0.1) is 0 Å². The summed E-state index contributed by atoms with van der Waals surface area (Å²) in [6.07, 6.45) is 1.63. The molecule has 6 heteroatoms. The number of methoxy groups -OCH3 is 1. The zero-order valence-corrected chi connectivity index (χ0v) is 16.4. The van der Waals surface area contributed by atoms with E-state index < -0.39 is 0 Å². The number of carbonyl (C=O) groups is 2.